The number of nitriles is 1. The van der Waals surface area contributed by atoms with E-state index in [1.807, 2.05) is 11.3 Å². The molecule has 0 amide bonds. The second kappa shape index (κ2) is 7.47. The van der Waals surface area contributed by atoms with Gasteiger partial charge >= 0.3 is 0 Å². The molecule has 100 valence electrons. The minimum Gasteiger partial charge on any atom is -0.198 e. The first kappa shape index (κ1) is 14.3. The van der Waals surface area contributed by atoms with Crippen molar-refractivity contribution in [1.82, 2.24) is 0 Å². The fourth-order valence-electron chi connectivity index (χ4n) is 2.08. The lowest BCUT2D eigenvalue weighted by atomic mass is 10.1. The highest BCUT2D eigenvalue weighted by atomic mass is 32.1. The van der Waals surface area contributed by atoms with Gasteiger partial charge in [-0.15, -0.1) is 22.7 Å². The largest absolute Gasteiger partial charge is 0.198 e. The van der Waals surface area contributed by atoms with Crippen molar-refractivity contribution in [2.45, 2.75) is 45.4 Å². The van der Waals surface area contributed by atoms with Gasteiger partial charge < -0.3 is 0 Å². The molecule has 0 saturated heterocycles. The molecule has 2 aromatic heterocycles. The molecule has 3 heteroatoms. The van der Waals surface area contributed by atoms with E-state index in [9.17, 15) is 0 Å². The van der Waals surface area contributed by atoms with Crippen LogP contribution in [0.25, 0.3) is 9.75 Å². The van der Waals surface area contributed by atoms with Gasteiger partial charge in [0.05, 0.1) is 12.5 Å². The van der Waals surface area contributed by atoms with E-state index in [2.05, 4.69) is 36.6 Å². The van der Waals surface area contributed by atoms with E-state index in [1.165, 1.54) is 47.4 Å². The first-order chi connectivity index (χ1) is 9.33. The maximum atomic E-state index is 8.70. The van der Waals surface area contributed by atoms with E-state index in [0.717, 1.165) is 4.88 Å². The normalized spacial score (nSPS) is 10.5. The molecular formula is C16H19NS2. The minimum atomic E-state index is 0.528. The number of rotatable bonds is 7. The van der Waals surface area contributed by atoms with E-state index in [4.69, 9.17) is 5.26 Å². The van der Waals surface area contributed by atoms with E-state index in [0.29, 0.717) is 6.42 Å². The van der Waals surface area contributed by atoms with Crippen LogP contribution in [-0.4, -0.2) is 0 Å². The molecular weight excluding hydrogens is 270 g/mol. The standard InChI is InChI=1S/C16H19NS2/c1-2-3-4-5-6-13-11-16(18-12-13)15-8-7-14(19-15)9-10-17/h7-8,11-12H,2-6,9H2,1H3. The molecule has 0 aliphatic rings. The quantitative estimate of drug-likeness (QED) is 0.603. The molecule has 19 heavy (non-hydrogen) atoms. The SMILES string of the molecule is CCCCCCc1csc(-c2ccc(CC#N)s2)c1. The highest BCUT2D eigenvalue weighted by Gasteiger charge is 2.06. The van der Waals surface area contributed by atoms with E-state index < -0.39 is 0 Å². The summed E-state index contributed by atoms with van der Waals surface area (Å²) in [7, 11) is 0. The molecule has 0 aromatic carbocycles. The predicted octanol–water partition coefficient (Wildman–Crippen LogP) is 5.67. The molecule has 2 aromatic rings. The second-order valence-electron chi connectivity index (χ2n) is 4.73. The first-order valence-corrected chi connectivity index (χ1v) is 8.56. The number of hydrogen-bond acceptors (Lipinski definition) is 3. The van der Waals surface area contributed by atoms with Crippen molar-refractivity contribution < 1.29 is 0 Å². The molecule has 0 unspecified atom stereocenters. The summed E-state index contributed by atoms with van der Waals surface area (Å²) in [6.07, 6.45) is 7.01. The zero-order valence-electron chi connectivity index (χ0n) is 11.3. The van der Waals surface area contributed by atoms with Gasteiger partial charge in [-0.25, -0.2) is 0 Å². The third kappa shape index (κ3) is 4.19. The molecule has 0 aliphatic carbocycles. The predicted molar refractivity (Wildman–Crippen MR) is 84.8 cm³/mol. The Labute approximate surface area is 123 Å². The molecule has 0 atom stereocenters. The second-order valence-corrected chi connectivity index (χ2v) is 6.81. The summed E-state index contributed by atoms with van der Waals surface area (Å²) < 4.78 is 0. The highest BCUT2D eigenvalue weighted by Crippen LogP contribution is 2.33. The fraction of sp³-hybridized carbons (Fsp3) is 0.438. The van der Waals surface area contributed by atoms with Crippen LogP contribution in [0.15, 0.2) is 23.6 Å². The lowest BCUT2D eigenvalue weighted by molar-refractivity contribution is 0.667. The van der Waals surface area contributed by atoms with Crippen LogP contribution in [0.3, 0.4) is 0 Å². The molecule has 0 fully saturated rings. The van der Waals surface area contributed by atoms with Gasteiger partial charge in [-0.3, -0.25) is 0 Å². The molecule has 0 saturated carbocycles. The van der Waals surface area contributed by atoms with Crippen molar-refractivity contribution in [3.63, 3.8) is 0 Å². The third-order valence-corrected chi connectivity index (χ3v) is 5.39. The highest BCUT2D eigenvalue weighted by molar-refractivity contribution is 7.21. The van der Waals surface area contributed by atoms with Gasteiger partial charge in [0.2, 0.25) is 0 Å². The van der Waals surface area contributed by atoms with Gasteiger partial charge in [0.25, 0.3) is 0 Å². The molecule has 1 nitrogen and oxygen atoms in total. The lowest BCUT2D eigenvalue weighted by Gasteiger charge is -1.96. The van der Waals surface area contributed by atoms with E-state index >= 15 is 0 Å². The Morgan fingerprint density at radius 2 is 2.05 bits per heavy atom. The van der Waals surface area contributed by atoms with Gasteiger partial charge in [0.15, 0.2) is 0 Å². The summed E-state index contributed by atoms with van der Waals surface area (Å²) in [5, 5.41) is 11.0. The minimum absolute atomic E-state index is 0.528. The maximum Gasteiger partial charge on any atom is 0.0695 e. The Hall–Kier alpha value is -1.11. The van der Waals surface area contributed by atoms with Crippen molar-refractivity contribution in [2.24, 2.45) is 0 Å². The smallest absolute Gasteiger partial charge is 0.0695 e. The molecule has 2 heterocycles. The summed E-state index contributed by atoms with van der Waals surface area (Å²) in [6.45, 7) is 2.25. The molecule has 0 N–H and O–H groups in total. The number of unbranched alkanes of at least 4 members (excludes halogenated alkanes) is 3. The van der Waals surface area contributed by atoms with Crippen molar-refractivity contribution in [1.29, 1.82) is 5.26 Å². The molecule has 0 radical (unpaired) electrons. The maximum absolute atomic E-state index is 8.70. The molecule has 0 aliphatic heterocycles. The van der Waals surface area contributed by atoms with Crippen LogP contribution in [0.5, 0.6) is 0 Å². The molecule has 0 spiro atoms. The van der Waals surface area contributed by atoms with Gasteiger partial charge in [0.1, 0.15) is 0 Å². The molecule has 2 rings (SSSR count). The topological polar surface area (TPSA) is 23.8 Å². The first-order valence-electron chi connectivity index (χ1n) is 6.87. The van der Waals surface area contributed by atoms with Crippen LogP contribution < -0.4 is 0 Å². The van der Waals surface area contributed by atoms with Crippen LogP contribution in [0.1, 0.15) is 43.0 Å². The summed E-state index contributed by atoms with van der Waals surface area (Å²) in [6, 6.07) is 8.74. The number of nitrogens with zero attached hydrogens (tertiary/aromatic N) is 1. The Kier molecular flexibility index (Phi) is 5.62. The Morgan fingerprint density at radius 3 is 2.84 bits per heavy atom. The Bertz CT molecular complexity index is 545. The average molecular weight is 289 g/mol. The van der Waals surface area contributed by atoms with Crippen LogP contribution in [0.2, 0.25) is 0 Å². The van der Waals surface area contributed by atoms with Crippen molar-refractivity contribution in [3.8, 4) is 15.8 Å². The van der Waals surface area contributed by atoms with Gasteiger partial charge in [-0.05, 0) is 42.0 Å². The van der Waals surface area contributed by atoms with Crippen LogP contribution >= 0.6 is 22.7 Å². The zero-order valence-corrected chi connectivity index (χ0v) is 12.9. The summed E-state index contributed by atoms with van der Waals surface area (Å²) in [5.74, 6) is 0. The van der Waals surface area contributed by atoms with Gasteiger partial charge in [-0.1, -0.05) is 26.2 Å². The average Bonchev–Trinajstić information content (AvgIpc) is 3.04. The lowest BCUT2D eigenvalue weighted by Crippen LogP contribution is -1.81. The number of hydrogen-bond donors (Lipinski definition) is 0. The van der Waals surface area contributed by atoms with Crippen molar-refractivity contribution >= 4 is 22.7 Å². The van der Waals surface area contributed by atoms with Gasteiger partial charge in [0, 0.05) is 14.6 Å². The summed E-state index contributed by atoms with van der Waals surface area (Å²) >= 11 is 3.57. The van der Waals surface area contributed by atoms with Crippen molar-refractivity contribution in [2.75, 3.05) is 0 Å². The van der Waals surface area contributed by atoms with Crippen LogP contribution in [-0.2, 0) is 12.8 Å². The Morgan fingerprint density at radius 1 is 1.16 bits per heavy atom. The zero-order chi connectivity index (χ0) is 13.5. The van der Waals surface area contributed by atoms with E-state index in [1.54, 1.807) is 11.3 Å². The third-order valence-electron chi connectivity index (χ3n) is 3.13. The van der Waals surface area contributed by atoms with E-state index in [-0.39, 0.29) is 0 Å². The molecule has 0 bridgehead atoms. The van der Waals surface area contributed by atoms with Crippen LogP contribution in [0.4, 0.5) is 0 Å². The number of thiophene rings is 2. The fourth-order valence-corrected chi connectivity index (χ4v) is 4.06. The monoisotopic (exact) mass is 289 g/mol. The van der Waals surface area contributed by atoms with Gasteiger partial charge in [-0.2, -0.15) is 5.26 Å². The van der Waals surface area contributed by atoms with Crippen LogP contribution in [0, 0.1) is 11.3 Å². The summed E-state index contributed by atoms with van der Waals surface area (Å²) in [4.78, 5) is 3.81. The number of aryl methyl sites for hydroxylation is 1. The summed E-state index contributed by atoms with van der Waals surface area (Å²) in [5.41, 5.74) is 1.46. The van der Waals surface area contributed by atoms with Crippen molar-refractivity contribution in [3.05, 3.63) is 34.0 Å². The Balaban J connectivity index is 1.94.